The molecule has 2 N–H and O–H groups in total. The van der Waals surface area contributed by atoms with Gasteiger partial charge < -0.3 is 24.4 Å². The van der Waals surface area contributed by atoms with E-state index in [1.54, 1.807) is 0 Å². The third-order valence-corrected chi connectivity index (χ3v) is 4.84. The van der Waals surface area contributed by atoms with E-state index in [2.05, 4.69) is 29.2 Å². The first kappa shape index (κ1) is 18.8. The van der Waals surface area contributed by atoms with Gasteiger partial charge in [-0.25, -0.2) is 0 Å². The normalized spacial score (nSPS) is 28.6. The molecule has 2 fully saturated rings. The molecule has 2 saturated heterocycles. The van der Waals surface area contributed by atoms with Crippen molar-refractivity contribution in [2.75, 3.05) is 32.8 Å². The van der Waals surface area contributed by atoms with Gasteiger partial charge in [0.1, 0.15) is 0 Å². The van der Waals surface area contributed by atoms with Crippen LogP contribution in [0.4, 0.5) is 0 Å². The monoisotopic (exact) mass is 353 g/mol. The zero-order valence-corrected chi connectivity index (χ0v) is 15.3. The van der Waals surface area contributed by atoms with Crippen molar-refractivity contribution >= 4 is 0 Å². The molecule has 3 atom stereocenters. The van der Waals surface area contributed by atoms with E-state index >= 15 is 0 Å². The molecule has 7 nitrogen and oxygen atoms in total. The van der Waals surface area contributed by atoms with Crippen LogP contribution < -0.4 is 5.32 Å². The van der Waals surface area contributed by atoms with Gasteiger partial charge >= 0.3 is 0 Å². The van der Waals surface area contributed by atoms with E-state index < -0.39 is 6.10 Å². The van der Waals surface area contributed by atoms with Crippen LogP contribution >= 0.6 is 0 Å². The Labute approximate surface area is 149 Å². The number of aromatic nitrogens is 1. The molecular formula is C18H31N3O4. The molecular weight excluding hydrogens is 322 g/mol. The zero-order valence-electron chi connectivity index (χ0n) is 15.3. The van der Waals surface area contributed by atoms with Crippen LogP contribution in [0, 0.1) is 0 Å². The van der Waals surface area contributed by atoms with E-state index in [0.717, 1.165) is 63.6 Å². The number of nitrogens with one attached hydrogen (secondary N) is 1. The van der Waals surface area contributed by atoms with Crippen molar-refractivity contribution < 1.29 is 19.1 Å². The van der Waals surface area contributed by atoms with Gasteiger partial charge in [-0.2, -0.15) is 0 Å². The van der Waals surface area contributed by atoms with E-state index in [1.807, 2.05) is 6.07 Å². The molecule has 0 amide bonds. The van der Waals surface area contributed by atoms with Crippen LogP contribution in [0.25, 0.3) is 0 Å². The molecule has 3 heterocycles. The highest BCUT2D eigenvalue weighted by Gasteiger charge is 2.30. The molecule has 25 heavy (non-hydrogen) atoms. The predicted molar refractivity (Wildman–Crippen MR) is 93.3 cm³/mol. The molecule has 0 radical (unpaired) electrons. The lowest BCUT2D eigenvalue weighted by atomic mass is 9.98. The van der Waals surface area contributed by atoms with Crippen molar-refractivity contribution in [2.45, 2.75) is 64.0 Å². The number of aliphatic hydroxyl groups excluding tert-OH is 1. The molecule has 3 rings (SSSR count). The van der Waals surface area contributed by atoms with E-state index in [-0.39, 0.29) is 12.2 Å². The first-order chi connectivity index (χ1) is 12.1. The maximum absolute atomic E-state index is 10.1. The van der Waals surface area contributed by atoms with Gasteiger partial charge in [-0.3, -0.25) is 4.90 Å². The minimum absolute atomic E-state index is 0.0868. The number of aliphatic hydroxyl groups is 1. The topological polar surface area (TPSA) is 80.0 Å². The Kier molecular flexibility index (Phi) is 6.84. The Hall–Kier alpha value is -0.990. The summed E-state index contributed by atoms with van der Waals surface area (Å²) in [5.41, 5.74) is 0.931. The molecule has 2 aliphatic heterocycles. The number of nitrogens with zero attached hydrogens (tertiary/aromatic N) is 2. The van der Waals surface area contributed by atoms with Gasteiger partial charge in [0.05, 0.1) is 43.8 Å². The van der Waals surface area contributed by atoms with Crippen molar-refractivity contribution in [1.82, 2.24) is 15.4 Å². The van der Waals surface area contributed by atoms with Crippen LogP contribution in [0.5, 0.6) is 0 Å². The molecule has 7 heteroatoms. The Bertz CT molecular complexity index is 516. The summed E-state index contributed by atoms with van der Waals surface area (Å²) in [6.07, 6.45) is 1.90. The molecule has 2 aliphatic rings. The van der Waals surface area contributed by atoms with Gasteiger partial charge in [-0.15, -0.1) is 0 Å². The van der Waals surface area contributed by atoms with Crippen LogP contribution in [0.1, 0.15) is 38.1 Å². The second kappa shape index (κ2) is 9.09. The number of ether oxygens (including phenoxy) is 2. The summed E-state index contributed by atoms with van der Waals surface area (Å²) in [4.78, 5) is 2.31. The van der Waals surface area contributed by atoms with Gasteiger partial charge in [0.15, 0.2) is 5.76 Å². The predicted octanol–water partition coefficient (Wildman–Crippen LogP) is 0.956. The molecule has 0 bridgehead atoms. The number of hydrogen-bond donors (Lipinski definition) is 2. The summed E-state index contributed by atoms with van der Waals surface area (Å²) in [7, 11) is 0. The fourth-order valence-corrected chi connectivity index (χ4v) is 3.37. The smallest absolute Gasteiger partial charge is 0.150 e. The van der Waals surface area contributed by atoms with Gasteiger partial charge in [0.25, 0.3) is 0 Å². The molecule has 0 saturated carbocycles. The summed E-state index contributed by atoms with van der Waals surface area (Å²) in [6, 6.07) is 2.42. The maximum Gasteiger partial charge on any atom is 0.150 e. The quantitative estimate of drug-likeness (QED) is 0.756. The largest absolute Gasteiger partial charge is 0.390 e. The summed E-state index contributed by atoms with van der Waals surface area (Å²) in [5.74, 6) is 0.894. The first-order valence-electron chi connectivity index (χ1n) is 9.41. The van der Waals surface area contributed by atoms with E-state index in [9.17, 15) is 5.11 Å². The zero-order chi connectivity index (χ0) is 17.6. The Morgan fingerprint density at radius 2 is 2.12 bits per heavy atom. The van der Waals surface area contributed by atoms with Gasteiger partial charge in [-0.1, -0.05) is 19.0 Å². The van der Waals surface area contributed by atoms with E-state index in [4.69, 9.17) is 14.0 Å². The fraction of sp³-hybridized carbons (Fsp3) is 0.833. The van der Waals surface area contributed by atoms with Crippen LogP contribution in [0.2, 0.25) is 0 Å². The van der Waals surface area contributed by atoms with Crippen molar-refractivity contribution in [3.05, 3.63) is 17.5 Å². The molecule has 3 unspecified atom stereocenters. The van der Waals surface area contributed by atoms with E-state index in [0.29, 0.717) is 12.6 Å². The Morgan fingerprint density at radius 3 is 2.88 bits per heavy atom. The van der Waals surface area contributed by atoms with Crippen molar-refractivity contribution in [1.29, 1.82) is 0 Å². The average Bonchev–Trinajstić information content (AvgIpc) is 3.03. The Morgan fingerprint density at radius 1 is 1.32 bits per heavy atom. The SMILES string of the molecule is CC(C)NCC1OC(Cc2cc(CN3CCOCC3)on2)CCC1O. The lowest BCUT2D eigenvalue weighted by Gasteiger charge is -2.34. The highest BCUT2D eigenvalue weighted by Crippen LogP contribution is 2.23. The van der Waals surface area contributed by atoms with Crippen molar-refractivity contribution in [3.8, 4) is 0 Å². The minimum atomic E-state index is -0.392. The van der Waals surface area contributed by atoms with Crippen LogP contribution in [0.15, 0.2) is 10.6 Å². The second-order valence-corrected chi connectivity index (χ2v) is 7.38. The van der Waals surface area contributed by atoms with Crippen LogP contribution in [-0.4, -0.2) is 72.4 Å². The second-order valence-electron chi connectivity index (χ2n) is 7.38. The highest BCUT2D eigenvalue weighted by molar-refractivity contribution is 5.07. The lowest BCUT2D eigenvalue weighted by Crippen LogP contribution is -2.46. The lowest BCUT2D eigenvalue weighted by molar-refractivity contribution is -0.115. The molecule has 1 aromatic rings. The molecule has 1 aromatic heterocycles. The standard InChI is InChI=1S/C18H31N3O4/c1-13(2)19-11-18-17(22)4-3-15(24-18)9-14-10-16(25-20-14)12-21-5-7-23-8-6-21/h10,13,15,17-19,22H,3-9,11-12H2,1-2H3. The number of rotatable bonds is 7. The number of hydrogen-bond acceptors (Lipinski definition) is 7. The minimum Gasteiger partial charge on any atom is -0.390 e. The fourth-order valence-electron chi connectivity index (χ4n) is 3.37. The maximum atomic E-state index is 10.1. The highest BCUT2D eigenvalue weighted by atomic mass is 16.5. The van der Waals surface area contributed by atoms with Gasteiger partial charge in [0, 0.05) is 38.2 Å². The van der Waals surface area contributed by atoms with E-state index in [1.165, 1.54) is 0 Å². The van der Waals surface area contributed by atoms with Crippen LogP contribution in [-0.2, 0) is 22.4 Å². The molecule has 0 spiro atoms. The van der Waals surface area contributed by atoms with Crippen molar-refractivity contribution in [3.63, 3.8) is 0 Å². The Balaban J connectivity index is 1.48. The van der Waals surface area contributed by atoms with Gasteiger partial charge in [-0.05, 0) is 12.8 Å². The molecule has 0 aromatic carbocycles. The first-order valence-corrected chi connectivity index (χ1v) is 9.41. The van der Waals surface area contributed by atoms with Gasteiger partial charge in [0.2, 0.25) is 0 Å². The number of morpholine rings is 1. The summed E-state index contributed by atoms with van der Waals surface area (Å²) in [5, 5.41) is 17.7. The summed E-state index contributed by atoms with van der Waals surface area (Å²) in [6.45, 7) is 9.08. The van der Waals surface area contributed by atoms with Crippen molar-refractivity contribution in [2.24, 2.45) is 0 Å². The summed E-state index contributed by atoms with van der Waals surface area (Å²) >= 11 is 0. The average molecular weight is 353 g/mol. The molecule has 142 valence electrons. The van der Waals surface area contributed by atoms with Crippen LogP contribution in [0.3, 0.4) is 0 Å². The third-order valence-electron chi connectivity index (χ3n) is 4.84. The summed E-state index contributed by atoms with van der Waals surface area (Å²) < 4.78 is 16.9. The molecule has 0 aliphatic carbocycles. The third kappa shape index (κ3) is 5.76.